The molecular weight excluding hydrogens is 900 g/mol. The molecule has 9 heteroatoms. The fraction of sp³-hybridized carbons (Fsp3) is 0.952. The SMILES string of the molecule is CCCCCCCCCC/C=C\CCCCCCCCCCCC(=O)NC(COP(=O)(O)OCC[N+](C)(C)C)C(O)CCCCCCCCCCCCCCCCCCCCCCCCCCCCCC. The Kier molecular flexibility index (Phi) is 53.5. The van der Waals surface area contributed by atoms with Gasteiger partial charge >= 0.3 is 7.82 Å². The van der Waals surface area contributed by atoms with E-state index in [1.165, 1.54) is 263 Å². The highest BCUT2D eigenvalue weighted by atomic mass is 31.2. The second-order valence-electron chi connectivity index (χ2n) is 23.1. The van der Waals surface area contributed by atoms with Gasteiger partial charge in [0.05, 0.1) is 39.9 Å². The quantitative estimate of drug-likeness (QED) is 0.0243. The van der Waals surface area contributed by atoms with Crippen LogP contribution < -0.4 is 5.32 Å². The van der Waals surface area contributed by atoms with E-state index in [-0.39, 0.29) is 19.1 Å². The molecule has 0 saturated heterocycles. The lowest BCUT2D eigenvalue weighted by molar-refractivity contribution is -0.870. The second kappa shape index (κ2) is 54.0. The summed E-state index contributed by atoms with van der Waals surface area (Å²) >= 11 is 0. The fourth-order valence-electron chi connectivity index (χ4n) is 9.81. The zero-order chi connectivity index (χ0) is 52.0. The third kappa shape index (κ3) is 56.8. The molecule has 1 amide bonds. The van der Waals surface area contributed by atoms with Crippen molar-refractivity contribution in [3.63, 3.8) is 0 Å². The molecule has 0 aromatic carbocycles. The van der Waals surface area contributed by atoms with Crippen molar-refractivity contribution < 1.29 is 32.9 Å². The molecule has 71 heavy (non-hydrogen) atoms. The summed E-state index contributed by atoms with van der Waals surface area (Å²) in [7, 11) is 1.63. The van der Waals surface area contributed by atoms with Gasteiger partial charge in [0, 0.05) is 6.42 Å². The van der Waals surface area contributed by atoms with E-state index in [2.05, 4.69) is 31.3 Å². The molecule has 3 atom stereocenters. The molecule has 0 radical (unpaired) electrons. The van der Waals surface area contributed by atoms with E-state index in [9.17, 15) is 19.4 Å². The predicted molar refractivity (Wildman–Crippen MR) is 309 cm³/mol. The van der Waals surface area contributed by atoms with Gasteiger partial charge in [-0.1, -0.05) is 296 Å². The molecule has 0 aromatic heterocycles. The molecule has 0 fully saturated rings. The number of hydrogen-bond donors (Lipinski definition) is 3. The van der Waals surface area contributed by atoms with Crippen LogP contribution in [0, 0.1) is 0 Å². The Morgan fingerprint density at radius 2 is 0.761 bits per heavy atom. The summed E-state index contributed by atoms with van der Waals surface area (Å²) in [6.07, 6.45) is 67.1. The number of unbranched alkanes of at least 4 members (excludes halogenated alkanes) is 44. The Labute approximate surface area is 443 Å². The predicted octanol–water partition coefficient (Wildman–Crippen LogP) is 19.4. The number of aliphatic hydroxyl groups is 1. The maximum atomic E-state index is 13.0. The number of phosphoric ester groups is 1. The number of allylic oxidation sites excluding steroid dienone is 2. The molecule has 0 bridgehead atoms. The zero-order valence-electron chi connectivity index (χ0n) is 48.5. The Morgan fingerprint density at radius 3 is 1.08 bits per heavy atom. The lowest BCUT2D eigenvalue weighted by atomic mass is 10.0. The van der Waals surface area contributed by atoms with Gasteiger partial charge in [-0.25, -0.2) is 4.57 Å². The molecule has 0 aliphatic carbocycles. The second-order valence-corrected chi connectivity index (χ2v) is 24.6. The molecule has 3 N–H and O–H groups in total. The number of hydrogen-bond acceptors (Lipinski definition) is 5. The number of amides is 1. The number of quaternary nitrogens is 1. The van der Waals surface area contributed by atoms with Crippen LogP contribution in [0.3, 0.4) is 0 Å². The molecule has 0 saturated carbocycles. The number of rotatable bonds is 59. The zero-order valence-corrected chi connectivity index (χ0v) is 49.4. The van der Waals surface area contributed by atoms with Crippen molar-refractivity contribution in [2.24, 2.45) is 0 Å². The van der Waals surface area contributed by atoms with Crippen LogP contribution in [-0.4, -0.2) is 73.4 Å². The van der Waals surface area contributed by atoms with Crippen molar-refractivity contribution in [2.75, 3.05) is 40.9 Å². The first kappa shape index (κ1) is 70.2. The summed E-state index contributed by atoms with van der Waals surface area (Å²) in [6, 6.07) is -0.760. The highest BCUT2D eigenvalue weighted by Crippen LogP contribution is 2.43. The van der Waals surface area contributed by atoms with Gasteiger partial charge in [-0.05, 0) is 38.5 Å². The van der Waals surface area contributed by atoms with Gasteiger partial charge in [0.2, 0.25) is 5.91 Å². The highest BCUT2D eigenvalue weighted by Gasteiger charge is 2.28. The lowest BCUT2D eigenvalue weighted by Crippen LogP contribution is -2.46. The molecule has 3 unspecified atom stereocenters. The molecule has 0 aliphatic rings. The van der Waals surface area contributed by atoms with Crippen molar-refractivity contribution in [3.8, 4) is 0 Å². The van der Waals surface area contributed by atoms with Crippen LogP contribution in [0.5, 0.6) is 0 Å². The van der Waals surface area contributed by atoms with E-state index < -0.39 is 20.0 Å². The fourth-order valence-corrected chi connectivity index (χ4v) is 10.5. The van der Waals surface area contributed by atoms with Gasteiger partial charge in [0.15, 0.2) is 0 Å². The molecule has 0 heterocycles. The van der Waals surface area contributed by atoms with Crippen LogP contribution in [0.2, 0.25) is 0 Å². The monoisotopic (exact) mass is 1030 g/mol. The summed E-state index contributed by atoms with van der Waals surface area (Å²) < 4.78 is 23.8. The van der Waals surface area contributed by atoms with Crippen molar-refractivity contribution in [2.45, 2.75) is 341 Å². The third-order valence-corrected chi connectivity index (χ3v) is 15.7. The molecule has 0 aromatic rings. The maximum Gasteiger partial charge on any atom is 0.472 e. The van der Waals surface area contributed by atoms with Gasteiger partial charge in [-0.15, -0.1) is 0 Å². The summed E-state index contributed by atoms with van der Waals surface area (Å²) in [5.74, 6) is -0.140. The number of likely N-dealkylation sites (N-methyl/N-ethyl adjacent to an activating group) is 1. The lowest BCUT2D eigenvalue weighted by Gasteiger charge is -2.26. The molecule has 0 aliphatic heterocycles. The molecule has 0 spiro atoms. The number of carbonyl (C=O) groups excluding carboxylic acids is 1. The van der Waals surface area contributed by atoms with E-state index in [4.69, 9.17) is 9.05 Å². The topological polar surface area (TPSA) is 105 Å². The normalized spacial score (nSPS) is 13.8. The minimum absolute atomic E-state index is 0.0769. The minimum Gasteiger partial charge on any atom is -0.391 e. The first-order valence-corrected chi connectivity index (χ1v) is 33.0. The summed E-state index contributed by atoms with van der Waals surface area (Å²) in [5, 5.41) is 14.1. The van der Waals surface area contributed by atoms with Crippen LogP contribution >= 0.6 is 7.82 Å². The number of phosphoric acid groups is 1. The molecular formula is C62H126N2O6P+. The molecule has 424 valence electrons. The van der Waals surface area contributed by atoms with Crippen LogP contribution in [0.25, 0.3) is 0 Å². The molecule has 8 nitrogen and oxygen atoms in total. The van der Waals surface area contributed by atoms with E-state index >= 15 is 0 Å². The Morgan fingerprint density at radius 1 is 0.465 bits per heavy atom. The molecule has 0 rings (SSSR count). The van der Waals surface area contributed by atoms with Gasteiger partial charge in [-0.2, -0.15) is 0 Å². The van der Waals surface area contributed by atoms with Crippen LogP contribution in [0.1, 0.15) is 328 Å². The maximum absolute atomic E-state index is 13.0. The largest absolute Gasteiger partial charge is 0.472 e. The Bertz CT molecular complexity index is 1160. The number of carbonyl (C=O) groups is 1. The van der Waals surface area contributed by atoms with Gasteiger partial charge in [0.1, 0.15) is 13.2 Å². The van der Waals surface area contributed by atoms with Crippen molar-refractivity contribution in [1.29, 1.82) is 0 Å². The average Bonchev–Trinajstić information content (AvgIpc) is 3.33. The standard InChI is InChI=1S/C62H125N2O6P/c1-6-8-10-12-14-16-18-20-22-24-26-28-29-30-31-32-33-34-36-37-39-41-43-45-47-49-51-53-55-61(65)60(59-70-71(67,68)69-58-57-64(3,4)5)63-62(66)56-54-52-50-48-46-44-42-40-38-35-27-25-23-21-19-17-15-13-11-9-7-2/h25,27,60-61,65H,6-24,26,28-59H2,1-5H3,(H-,63,66,67,68)/p+1/b27-25-. The Hall–Kier alpha value is -0.760. The number of nitrogens with zero attached hydrogens (tertiary/aromatic N) is 1. The summed E-state index contributed by atoms with van der Waals surface area (Å²) in [6.45, 7) is 4.94. The number of aliphatic hydroxyl groups excluding tert-OH is 1. The van der Waals surface area contributed by atoms with Crippen molar-refractivity contribution in [1.82, 2.24) is 5.32 Å². The van der Waals surface area contributed by atoms with E-state index in [1.54, 1.807) is 0 Å². The van der Waals surface area contributed by atoms with Gasteiger partial charge < -0.3 is 19.8 Å². The van der Waals surface area contributed by atoms with Gasteiger partial charge in [-0.3, -0.25) is 13.8 Å². The van der Waals surface area contributed by atoms with Gasteiger partial charge in [0.25, 0.3) is 0 Å². The van der Waals surface area contributed by atoms with E-state index in [1.807, 2.05) is 21.1 Å². The average molecular weight is 1030 g/mol. The van der Waals surface area contributed by atoms with Crippen molar-refractivity contribution >= 4 is 13.7 Å². The summed E-state index contributed by atoms with van der Waals surface area (Å²) in [4.78, 5) is 23.4. The smallest absolute Gasteiger partial charge is 0.391 e. The van der Waals surface area contributed by atoms with Crippen LogP contribution in [0.15, 0.2) is 12.2 Å². The first-order valence-electron chi connectivity index (χ1n) is 31.6. The third-order valence-electron chi connectivity index (χ3n) is 14.8. The van der Waals surface area contributed by atoms with Crippen molar-refractivity contribution in [3.05, 3.63) is 12.2 Å². The first-order chi connectivity index (χ1) is 34.5. The number of nitrogens with one attached hydrogen (secondary N) is 1. The van der Waals surface area contributed by atoms with E-state index in [0.717, 1.165) is 38.5 Å². The Balaban J connectivity index is 4.07. The van der Waals surface area contributed by atoms with Crippen LogP contribution in [-0.2, 0) is 18.4 Å². The minimum atomic E-state index is -4.32. The van der Waals surface area contributed by atoms with Crippen LogP contribution in [0.4, 0.5) is 0 Å². The highest BCUT2D eigenvalue weighted by molar-refractivity contribution is 7.47. The van der Waals surface area contributed by atoms with E-state index in [0.29, 0.717) is 23.9 Å². The summed E-state index contributed by atoms with van der Waals surface area (Å²) in [5.41, 5.74) is 0.